The van der Waals surface area contributed by atoms with Gasteiger partial charge in [0, 0.05) is 10.9 Å². The van der Waals surface area contributed by atoms with E-state index in [-0.39, 0.29) is 0 Å². The molecule has 0 radical (unpaired) electrons. The fraction of sp³-hybridized carbons (Fsp3) is 0.167. The molecule has 2 rings (SSSR count). The number of aromatic nitrogens is 1. The van der Waals surface area contributed by atoms with Gasteiger partial charge < -0.3 is 5.21 Å². The molecule has 82 valence electrons. The zero-order valence-electron chi connectivity index (χ0n) is 8.81. The standard InChI is InChI=1S/C12H11ClN2O/c1-2-8-3-4-11-9(5-8)6-10(7-14-16)12(13)15-11/h3-7,16H,2H2,1H3. The molecule has 0 unspecified atom stereocenters. The number of oxime groups is 1. The van der Waals surface area contributed by atoms with Crippen molar-refractivity contribution in [3.8, 4) is 0 Å². The van der Waals surface area contributed by atoms with Crippen molar-refractivity contribution in [1.82, 2.24) is 4.98 Å². The Labute approximate surface area is 98.4 Å². The number of benzene rings is 1. The number of halogens is 1. The highest BCUT2D eigenvalue weighted by Crippen LogP contribution is 2.20. The van der Waals surface area contributed by atoms with E-state index in [1.807, 2.05) is 18.2 Å². The van der Waals surface area contributed by atoms with Crippen molar-refractivity contribution in [3.63, 3.8) is 0 Å². The van der Waals surface area contributed by atoms with Crippen molar-refractivity contribution in [1.29, 1.82) is 0 Å². The summed E-state index contributed by atoms with van der Waals surface area (Å²) in [4.78, 5) is 4.23. The highest BCUT2D eigenvalue weighted by Gasteiger charge is 2.03. The predicted octanol–water partition coefficient (Wildman–Crippen LogP) is 3.26. The average Bonchev–Trinajstić information content (AvgIpc) is 2.30. The summed E-state index contributed by atoms with van der Waals surface area (Å²) < 4.78 is 0. The topological polar surface area (TPSA) is 45.5 Å². The van der Waals surface area contributed by atoms with Gasteiger partial charge in [-0.3, -0.25) is 0 Å². The lowest BCUT2D eigenvalue weighted by Gasteiger charge is -2.03. The summed E-state index contributed by atoms with van der Waals surface area (Å²) >= 11 is 5.94. The van der Waals surface area contributed by atoms with Crippen LogP contribution in [-0.4, -0.2) is 16.4 Å². The first-order valence-corrected chi connectivity index (χ1v) is 5.39. The van der Waals surface area contributed by atoms with E-state index in [0.29, 0.717) is 10.7 Å². The minimum absolute atomic E-state index is 0.342. The first kappa shape index (κ1) is 10.9. The highest BCUT2D eigenvalue weighted by molar-refractivity contribution is 6.32. The molecule has 2 aromatic rings. The van der Waals surface area contributed by atoms with Crippen LogP contribution in [-0.2, 0) is 6.42 Å². The Morgan fingerprint density at radius 2 is 2.25 bits per heavy atom. The Kier molecular flexibility index (Phi) is 3.06. The number of fused-ring (bicyclic) bond motifs is 1. The van der Waals surface area contributed by atoms with Crippen molar-refractivity contribution in [2.45, 2.75) is 13.3 Å². The average molecular weight is 235 g/mol. The second-order valence-corrected chi connectivity index (χ2v) is 3.85. The Hall–Kier alpha value is -1.61. The second-order valence-electron chi connectivity index (χ2n) is 3.49. The van der Waals surface area contributed by atoms with E-state index in [0.717, 1.165) is 17.3 Å². The van der Waals surface area contributed by atoms with Crippen LogP contribution in [0.25, 0.3) is 10.9 Å². The molecule has 1 aromatic heterocycles. The summed E-state index contributed by atoms with van der Waals surface area (Å²) in [5, 5.41) is 12.8. The molecule has 4 heteroatoms. The molecule has 0 saturated heterocycles. The van der Waals surface area contributed by atoms with Crippen molar-refractivity contribution < 1.29 is 5.21 Å². The lowest BCUT2D eigenvalue weighted by atomic mass is 10.1. The molecular formula is C12H11ClN2O. The molecule has 3 nitrogen and oxygen atoms in total. The van der Waals surface area contributed by atoms with Gasteiger partial charge in [-0.05, 0) is 30.2 Å². The first-order valence-electron chi connectivity index (χ1n) is 5.01. The summed E-state index contributed by atoms with van der Waals surface area (Å²) in [6, 6.07) is 7.91. The van der Waals surface area contributed by atoms with Crippen molar-refractivity contribution >= 4 is 28.7 Å². The van der Waals surface area contributed by atoms with Gasteiger partial charge in [0.1, 0.15) is 5.15 Å². The monoisotopic (exact) mass is 234 g/mol. The van der Waals surface area contributed by atoms with Gasteiger partial charge in [-0.1, -0.05) is 29.7 Å². The number of aryl methyl sites for hydroxylation is 1. The smallest absolute Gasteiger partial charge is 0.138 e. The number of pyridine rings is 1. The normalized spacial score (nSPS) is 11.4. The van der Waals surface area contributed by atoms with E-state index in [4.69, 9.17) is 16.8 Å². The van der Waals surface area contributed by atoms with Gasteiger partial charge in [-0.15, -0.1) is 0 Å². The third-order valence-corrected chi connectivity index (χ3v) is 2.77. The Balaban J connectivity index is 2.65. The quantitative estimate of drug-likeness (QED) is 0.375. The minimum Gasteiger partial charge on any atom is -0.411 e. The van der Waals surface area contributed by atoms with Gasteiger partial charge >= 0.3 is 0 Å². The largest absolute Gasteiger partial charge is 0.411 e. The van der Waals surface area contributed by atoms with Crippen LogP contribution in [0.2, 0.25) is 5.15 Å². The maximum Gasteiger partial charge on any atom is 0.138 e. The van der Waals surface area contributed by atoms with Crippen LogP contribution in [0.15, 0.2) is 29.4 Å². The van der Waals surface area contributed by atoms with Gasteiger partial charge in [-0.2, -0.15) is 0 Å². The third kappa shape index (κ3) is 1.99. The fourth-order valence-electron chi connectivity index (χ4n) is 1.59. The van der Waals surface area contributed by atoms with E-state index in [2.05, 4.69) is 23.1 Å². The number of nitrogens with zero attached hydrogens (tertiary/aromatic N) is 2. The zero-order chi connectivity index (χ0) is 11.5. The van der Waals surface area contributed by atoms with Crippen LogP contribution >= 0.6 is 11.6 Å². The molecule has 0 aliphatic carbocycles. The molecule has 0 atom stereocenters. The Morgan fingerprint density at radius 3 is 2.94 bits per heavy atom. The van der Waals surface area contributed by atoms with Crippen molar-refractivity contribution in [3.05, 3.63) is 40.5 Å². The molecule has 1 heterocycles. The maximum atomic E-state index is 8.50. The van der Waals surface area contributed by atoms with Crippen LogP contribution in [0, 0.1) is 0 Å². The molecule has 0 spiro atoms. The van der Waals surface area contributed by atoms with Gasteiger partial charge in [-0.25, -0.2) is 4.98 Å². The summed E-state index contributed by atoms with van der Waals surface area (Å²) in [5.41, 5.74) is 2.70. The predicted molar refractivity (Wildman–Crippen MR) is 65.5 cm³/mol. The Bertz CT molecular complexity index is 552. The van der Waals surface area contributed by atoms with Crippen LogP contribution < -0.4 is 0 Å². The van der Waals surface area contributed by atoms with E-state index in [1.54, 1.807) is 0 Å². The van der Waals surface area contributed by atoms with E-state index < -0.39 is 0 Å². The van der Waals surface area contributed by atoms with Gasteiger partial charge in [0.05, 0.1) is 11.7 Å². The molecular weight excluding hydrogens is 224 g/mol. The molecule has 1 N–H and O–H groups in total. The molecule has 0 saturated carbocycles. The molecule has 0 amide bonds. The minimum atomic E-state index is 0.342. The lowest BCUT2D eigenvalue weighted by molar-refractivity contribution is 0.322. The summed E-state index contributed by atoms with van der Waals surface area (Å²) in [7, 11) is 0. The van der Waals surface area contributed by atoms with Crippen molar-refractivity contribution in [2.24, 2.45) is 5.16 Å². The lowest BCUT2D eigenvalue weighted by Crippen LogP contribution is -1.90. The SMILES string of the molecule is CCc1ccc2nc(Cl)c(C=NO)cc2c1. The van der Waals surface area contributed by atoms with E-state index in [1.165, 1.54) is 11.8 Å². The zero-order valence-corrected chi connectivity index (χ0v) is 9.57. The second kappa shape index (κ2) is 4.49. The Morgan fingerprint density at radius 1 is 1.44 bits per heavy atom. The van der Waals surface area contributed by atoms with Gasteiger partial charge in [0.2, 0.25) is 0 Å². The van der Waals surface area contributed by atoms with E-state index >= 15 is 0 Å². The molecule has 0 aliphatic heterocycles. The van der Waals surface area contributed by atoms with Crippen molar-refractivity contribution in [2.75, 3.05) is 0 Å². The highest BCUT2D eigenvalue weighted by atomic mass is 35.5. The maximum absolute atomic E-state index is 8.50. The van der Waals surface area contributed by atoms with Gasteiger partial charge in [0.15, 0.2) is 0 Å². The molecule has 16 heavy (non-hydrogen) atoms. The van der Waals surface area contributed by atoms with Crippen LogP contribution in [0.5, 0.6) is 0 Å². The summed E-state index contributed by atoms with van der Waals surface area (Å²) in [6.45, 7) is 2.10. The molecule has 0 bridgehead atoms. The van der Waals surface area contributed by atoms with E-state index in [9.17, 15) is 0 Å². The number of rotatable bonds is 2. The van der Waals surface area contributed by atoms with Gasteiger partial charge in [0.25, 0.3) is 0 Å². The van der Waals surface area contributed by atoms with Crippen LogP contribution in [0.1, 0.15) is 18.1 Å². The van der Waals surface area contributed by atoms with Crippen LogP contribution in [0.3, 0.4) is 0 Å². The third-order valence-electron chi connectivity index (χ3n) is 2.46. The number of hydrogen-bond donors (Lipinski definition) is 1. The first-order chi connectivity index (χ1) is 7.74. The summed E-state index contributed by atoms with van der Waals surface area (Å²) in [6.07, 6.45) is 2.26. The molecule has 0 fully saturated rings. The van der Waals surface area contributed by atoms with Crippen LogP contribution in [0.4, 0.5) is 0 Å². The summed E-state index contributed by atoms with van der Waals surface area (Å²) in [5.74, 6) is 0. The molecule has 0 aliphatic rings. The molecule has 1 aromatic carbocycles. The number of hydrogen-bond acceptors (Lipinski definition) is 3. The fourth-order valence-corrected chi connectivity index (χ4v) is 1.79.